The van der Waals surface area contributed by atoms with Gasteiger partial charge in [0.1, 0.15) is 0 Å². The highest BCUT2D eigenvalue weighted by molar-refractivity contribution is 5.74. The van der Waals surface area contributed by atoms with Gasteiger partial charge in [0.25, 0.3) is 0 Å². The van der Waals surface area contributed by atoms with Crippen molar-refractivity contribution >= 4 is 0 Å². The summed E-state index contributed by atoms with van der Waals surface area (Å²) in [6.07, 6.45) is 0. The summed E-state index contributed by atoms with van der Waals surface area (Å²) in [5.41, 5.74) is 0.750. The number of hydrogen-bond donors (Lipinski definition) is 2. The van der Waals surface area contributed by atoms with Crippen LogP contribution in [0.5, 0.6) is 11.5 Å². The van der Waals surface area contributed by atoms with Crippen molar-refractivity contribution in [2.24, 2.45) is 0 Å². The van der Waals surface area contributed by atoms with Gasteiger partial charge < -0.3 is 10.2 Å². The molecule has 0 radical (unpaired) electrons. The molecular weight excluding hydrogens is 304 g/mol. The molecule has 0 unspecified atom stereocenters. The summed E-state index contributed by atoms with van der Waals surface area (Å²) in [5, 5.41) is 20.5. The van der Waals surface area contributed by atoms with Crippen LogP contribution in [0.3, 0.4) is 0 Å². The normalized spacial score (nSPS) is 11.1. The summed E-state index contributed by atoms with van der Waals surface area (Å²) in [7, 11) is 0. The van der Waals surface area contributed by atoms with Crippen molar-refractivity contribution in [2.45, 2.75) is 39.5 Å². The zero-order chi connectivity index (χ0) is 18.0. The van der Waals surface area contributed by atoms with Gasteiger partial charge in [-0.2, -0.15) is 0 Å². The lowest BCUT2D eigenvalue weighted by Gasteiger charge is -2.01. The minimum absolute atomic E-state index is 0.112. The molecule has 0 aliphatic rings. The monoisotopic (exact) mass is 326 g/mol. The summed E-state index contributed by atoms with van der Waals surface area (Å²) in [6, 6.07) is 9.33. The lowest BCUT2D eigenvalue weighted by Crippen LogP contribution is -1.99. The van der Waals surface area contributed by atoms with Crippen molar-refractivity contribution < 1.29 is 10.2 Å². The molecule has 0 aliphatic heterocycles. The van der Waals surface area contributed by atoms with Crippen molar-refractivity contribution in [3.8, 4) is 22.6 Å². The summed E-state index contributed by atoms with van der Waals surface area (Å²) in [5.74, 6) is -0.733. The van der Waals surface area contributed by atoms with E-state index in [1.807, 2.05) is 27.7 Å². The smallest absolute Gasteiger partial charge is 0.221 e. The van der Waals surface area contributed by atoms with Crippen molar-refractivity contribution in [3.63, 3.8) is 0 Å². The van der Waals surface area contributed by atoms with E-state index in [0.717, 1.165) is 11.1 Å². The van der Waals surface area contributed by atoms with Gasteiger partial charge in [-0.15, -0.1) is 0 Å². The van der Waals surface area contributed by atoms with Crippen LogP contribution in [0.15, 0.2) is 46.0 Å². The number of hydrogen-bond acceptors (Lipinski definition) is 4. The van der Waals surface area contributed by atoms with E-state index in [-0.39, 0.29) is 23.0 Å². The van der Waals surface area contributed by atoms with E-state index >= 15 is 0 Å². The van der Waals surface area contributed by atoms with Crippen LogP contribution in [0.25, 0.3) is 11.1 Å². The molecule has 126 valence electrons. The van der Waals surface area contributed by atoms with Gasteiger partial charge in [0.15, 0.2) is 11.5 Å². The standard InChI is InChI=1S/C20H22O4/c1-11(2)13-5-7-15(19(23)17(21)9-13)16-8-6-14(12(3)4)10-18(22)20(16)24/h5-12H,1-4H3,(H,21,23)(H,22,24). The zero-order valence-electron chi connectivity index (χ0n) is 14.3. The fourth-order valence-corrected chi connectivity index (χ4v) is 2.47. The van der Waals surface area contributed by atoms with Gasteiger partial charge in [0, 0.05) is 11.1 Å². The molecule has 0 saturated heterocycles. The third kappa shape index (κ3) is 3.48. The maximum absolute atomic E-state index is 12.2. The molecule has 0 saturated carbocycles. The third-order valence-corrected chi connectivity index (χ3v) is 4.08. The van der Waals surface area contributed by atoms with E-state index in [2.05, 4.69) is 0 Å². The molecule has 2 aromatic rings. The summed E-state index contributed by atoms with van der Waals surface area (Å²) >= 11 is 0. The van der Waals surface area contributed by atoms with Gasteiger partial charge in [0.05, 0.1) is 0 Å². The minimum Gasteiger partial charge on any atom is -0.504 e. The second kappa shape index (κ2) is 6.87. The van der Waals surface area contributed by atoms with Gasteiger partial charge in [-0.25, -0.2) is 0 Å². The highest BCUT2D eigenvalue weighted by atomic mass is 16.3. The SMILES string of the molecule is CC(C)c1ccc(-c2ccc(C(C)C)cc(=O)c2O)c(O)c(=O)c1. The van der Waals surface area contributed by atoms with E-state index in [0.29, 0.717) is 0 Å². The van der Waals surface area contributed by atoms with Gasteiger partial charge in [0.2, 0.25) is 10.9 Å². The second-order valence-electron chi connectivity index (χ2n) is 6.52. The van der Waals surface area contributed by atoms with Crippen LogP contribution in [0.4, 0.5) is 0 Å². The first-order valence-electron chi connectivity index (χ1n) is 7.97. The molecule has 0 aliphatic carbocycles. The average molecular weight is 326 g/mol. The predicted octanol–water partition coefficient (Wildman–Crippen LogP) is 3.73. The van der Waals surface area contributed by atoms with Crippen molar-refractivity contribution in [3.05, 3.63) is 68.0 Å². The van der Waals surface area contributed by atoms with E-state index in [9.17, 15) is 19.8 Å². The first kappa shape index (κ1) is 17.7. The third-order valence-electron chi connectivity index (χ3n) is 4.08. The molecule has 0 fully saturated rings. The Bertz CT molecular complexity index is 808. The molecule has 0 atom stereocenters. The quantitative estimate of drug-likeness (QED) is 0.901. The molecule has 2 N–H and O–H groups in total. The van der Waals surface area contributed by atoms with Gasteiger partial charge in [-0.05, 0) is 35.1 Å². The fraction of sp³-hybridized carbons (Fsp3) is 0.300. The Balaban J connectivity index is 2.83. The lowest BCUT2D eigenvalue weighted by atomic mass is 10.0. The van der Waals surface area contributed by atoms with Crippen LogP contribution in [-0.2, 0) is 0 Å². The van der Waals surface area contributed by atoms with Crippen molar-refractivity contribution in [1.29, 1.82) is 0 Å². The molecule has 0 spiro atoms. The van der Waals surface area contributed by atoms with Crippen LogP contribution in [-0.4, -0.2) is 10.2 Å². The van der Waals surface area contributed by atoms with E-state index in [1.165, 1.54) is 12.1 Å². The molecule has 0 aromatic heterocycles. The molecule has 2 rings (SSSR count). The maximum atomic E-state index is 12.2. The first-order chi connectivity index (χ1) is 11.2. The lowest BCUT2D eigenvalue weighted by molar-refractivity contribution is 0.465. The van der Waals surface area contributed by atoms with E-state index in [1.54, 1.807) is 24.3 Å². The van der Waals surface area contributed by atoms with Crippen LogP contribution in [0.1, 0.15) is 50.7 Å². The van der Waals surface area contributed by atoms with Gasteiger partial charge in [-0.3, -0.25) is 9.59 Å². The number of aromatic hydroxyl groups is 2. The summed E-state index contributed by atoms with van der Waals surface area (Å²) in [4.78, 5) is 24.4. The Kier molecular flexibility index (Phi) is 5.07. The summed E-state index contributed by atoms with van der Waals surface area (Å²) < 4.78 is 0. The Morgan fingerprint density at radius 1 is 0.667 bits per heavy atom. The minimum atomic E-state index is -0.541. The molecule has 0 heterocycles. The Labute approximate surface area is 141 Å². The highest BCUT2D eigenvalue weighted by Crippen LogP contribution is 2.31. The highest BCUT2D eigenvalue weighted by Gasteiger charge is 2.14. The van der Waals surface area contributed by atoms with Crippen LogP contribution < -0.4 is 10.9 Å². The molecular formula is C20H22O4. The molecule has 4 heteroatoms. The van der Waals surface area contributed by atoms with Gasteiger partial charge in [-0.1, -0.05) is 52.0 Å². The molecule has 4 nitrogen and oxygen atoms in total. The van der Waals surface area contributed by atoms with Crippen molar-refractivity contribution in [1.82, 2.24) is 0 Å². The van der Waals surface area contributed by atoms with Crippen LogP contribution >= 0.6 is 0 Å². The Hall–Kier alpha value is -2.62. The Morgan fingerprint density at radius 2 is 1.00 bits per heavy atom. The van der Waals surface area contributed by atoms with Crippen LogP contribution in [0.2, 0.25) is 0 Å². The molecule has 24 heavy (non-hydrogen) atoms. The molecule has 0 amide bonds. The summed E-state index contributed by atoms with van der Waals surface area (Å²) in [6.45, 7) is 7.76. The number of rotatable bonds is 3. The average Bonchev–Trinajstić information content (AvgIpc) is 2.75. The fourth-order valence-electron chi connectivity index (χ4n) is 2.47. The molecule has 0 bridgehead atoms. The second-order valence-corrected chi connectivity index (χ2v) is 6.52. The maximum Gasteiger partial charge on any atom is 0.221 e. The Morgan fingerprint density at radius 3 is 1.29 bits per heavy atom. The first-order valence-corrected chi connectivity index (χ1v) is 7.97. The van der Waals surface area contributed by atoms with Crippen LogP contribution in [0, 0.1) is 0 Å². The van der Waals surface area contributed by atoms with E-state index in [4.69, 9.17) is 0 Å². The van der Waals surface area contributed by atoms with Crippen molar-refractivity contribution in [2.75, 3.05) is 0 Å². The molecule has 2 aromatic carbocycles. The predicted molar refractivity (Wildman–Crippen MR) is 95.9 cm³/mol. The largest absolute Gasteiger partial charge is 0.504 e. The van der Waals surface area contributed by atoms with Gasteiger partial charge >= 0.3 is 0 Å². The zero-order valence-corrected chi connectivity index (χ0v) is 14.3. The topological polar surface area (TPSA) is 74.6 Å². The van der Waals surface area contributed by atoms with E-state index < -0.39 is 22.4 Å².